The standard InChI is InChI=1S/C16H11BrN4O8/c17-14-11(20(26)27)5-9(6-12(14)21(28)29)16(25)19-10-3-1-8(2-4-10)15(24)18-7-13(22)23/h1-6H,7H2,(H,18,24)(H,19,25)(H,22,23). The molecule has 12 nitrogen and oxygen atoms in total. The van der Waals surface area contributed by atoms with Crippen LogP contribution in [0.5, 0.6) is 0 Å². The number of halogens is 1. The Bertz CT molecular complexity index is 987. The summed E-state index contributed by atoms with van der Waals surface area (Å²) in [5, 5.41) is 35.2. The van der Waals surface area contributed by atoms with Gasteiger partial charge in [0.15, 0.2) is 4.47 Å². The summed E-state index contributed by atoms with van der Waals surface area (Å²) in [7, 11) is 0. The zero-order valence-corrected chi connectivity index (χ0v) is 15.8. The second-order valence-corrected chi connectivity index (χ2v) is 6.24. The largest absolute Gasteiger partial charge is 0.480 e. The van der Waals surface area contributed by atoms with Crippen LogP contribution in [0, 0.1) is 20.2 Å². The van der Waals surface area contributed by atoms with Crippen molar-refractivity contribution in [3.8, 4) is 0 Å². The molecule has 0 fully saturated rings. The molecular formula is C16H11BrN4O8. The van der Waals surface area contributed by atoms with E-state index < -0.39 is 45.5 Å². The first-order chi connectivity index (χ1) is 13.6. The van der Waals surface area contributed by atoms with Gasteiger partial charge in [0.25, 0.3) is 23.2 Å². The monoisotopic (exact) mass is 466 g/mol. The maximum atomic E-state index is 12.4. The first-order valence-corrected chi connectivity index (χ1v) is 8.43. The Labute approximate surface area is 170 Å². The van der Waals surface area contributed by atoms with Gasteiger partial charge in [-0.25, -0.2) is 0 Å². The maximum Gasteiger partial charge on any atom is 0.322 e. The lowest BCUT2D eigenvalue weighted by Crippen LogP contribution is -2.29. The highest BCUT2D eigenvalue weighted by atomic mass is 79.9. The third-order valence-corrected chi connectivity index (χ3v) is 4.31. The van der Waals surface area contributed by atoms with Crippen LogP contribution < -0.4 is 10.6 Å². The molecule has 13 heteroatoms. The normalized spacial score (nSPS) is 10.1. The van der Waals surface area contributed by atoms with E-state index in [1.165, 1.54) is 24.3 Å². The Hall–Kier alpha value is -3.87. The molecule has 0 radical (unpaired) electrons. The number of carbonyl (C=O) groups excluding carboxylic acids is 2. The summed E-state index contributed by atoms with van der Waals surface area (Å²) < 4.78 is -0.360. The summed E-state index contributed by atoms with van der Waals surface area (Å²) in [6.07, 6.45) is 0. The number of hydrogen-bond acceptors (Lipinski definition) is 7. The fourth-order valence-electron chi connectivity index (χ4n) is 2.16. The molecule has 2 aromatic carbocycles. The highest BCUT2D eigenvalue weighted by Crippen LogP contribution is 2.35. The molecule has 0 aliphatic heterocycles. The molecule has 3 N–H and O–H groups in total. The van der Waals surface area contributed by atoms with E-state index in [-0.39, 0.29) is 21.3 Å². The van der Waals surface area contributed by atoms with Crippen molar-refractivity contribution in [2.75, 3.05) is 11.9 Å². The van der Waals surface area contributed by atoms with Gasteiger partial charge in [-0.05, 0) is 40.2 Å². The lowest BCUT2D eigenvalue weighted by molar-refractivity contribution is -0.395. The minimum absolute atomic E-state index is 0.138. The minimum atomic E-state index is -1.21. The van der Waals surface area contributed by atoms with Crippen LogP contribution in [-0.2, 0) is 4.79 Å². The van der Waals surface area contributed by atoms with Crippen LogP contribution in [0.15, 0.2) is 40.9 Å². The maximum absolute atomic E-state index is 12.4. The van der Waals surface area contributed by atoms with Crippen molar-refractivity contribution in [2.45, 2.75) is 0 Å². The van der Waals surface area contributed by atoms with Crippen molar-refractivity contribution < 1.29 is 29.3 Å². The Kier molecular flexibility index (Phi) is 6.56. The first-order valence-electron chi connectivity index (χ1n) is 7.64. The average Bonchev–Trinajstić information content (AvgIpc) is 2.66. The van der Waals surface area contributed by atoms with Gasteiger partial charge in [0.2, 0.25) is 0 Å². The second kappa shape index (κ2) is 8.88. The van der Waals surface area contributed by atoms with Crippen LogP contribution in [0.4, 0.5) is 17.1 Å². The van der Waals surface area contributed by atoms with Crippen LogP contribution in [0.1, 0.15) is 20.7 Å². The Morgan fingerprint density at radius 3 is 1.90 bits per heavy atom. The van der Waals surface area contributed by atoms with E-state index in [1.54, 1.807) is 0 Å². The van der Waals surface area contributed by atoms with Crippen molar-refractivity contribution in [1.82, 2.24) is 5.32 Å². The number of carbonyl (C=O) groups is 3. The van der Waals surface area contributed by atoms with Crippen molar-refractivity contribution >= 4 is 50.8 Å². The summed E-state index contributed by atoms with van der Waals surface area (Å²) in [5.41, 5.74) is -1.25. The average molecular weight is 467 g/mol. The van der Waals surface area contributed by atoms with Gasteiger partial charge >= 0.3 is 5.97 Å². The third-order valence-electron chi connectivity index (χ3n) is 3.49. The molecule has 0 saturated carbocycles. The topological polar surface area (TPSA) is 182 Å². The Balaban J connectivity index is 2.22. The molecule has 2 aromatic rings. The van der Waals surface area contributed by atoms with Gasteiger partial charge in [0, 0.05) is 23.4 Å². The molecule has 29 heavy (non-hydrogen) atoms. The number of hydrogen-bond donors (Lipinski definition) is 3. The molecule has 0 aliphatic rings. The minimum Gasteiger partial charge on any atom is -0.480 e. The van der Waals surface area contributed by atoms with Gasteiger partial charge < -0.3 is 15.7 Å². The number of anilines is 1. The number of rotatable bonds is 7. The number of carboxylic acid groups (broad SMARTS) is 1. The number of benzene rings is 2. The van der Waals surface area contributed by atoms with E-state index in [0.717, 1.165) is 12.1 Å². The van der Waals surface area contributed by atoms with Gasteiger partial charge in [-0.3, -0.25) is 34.6 Å². The van der Waals surface area contributed by atoms with Crippen LogP contribution in [0.25, 0.3) is 0 Å². The Morgan fingerprint density at radius 2 is 1.45 bits per heavy atom. The van der Waals surface area contributed by atoms with E-state index in [4.69, 9.17) is 5.11 Å². The van der Waals surface area contributed by atoms with Crippen molar-refractivity contribution in [3.05, 3.63) is 72.2 Å². The highest BCUT2D eigenvalue weighted by molar-refractivity contribution is 9.10. The van der Waals surface area contributed by atoms with E-state index >= 15 is 0 Å². The zero-order valence-electron chi connectivity index (χ0n) is 14.2. The first kappa shape index (κ1) is 21.4. The molecule has 150 valence electrons. The summed E-state index contributed by atoms with van der Waals surface area (Å²) in [6, 6.07) is 7.10. The molecule has 0 unspecified atom stereocenters. The quantitative estimate of drug-likeness (QED) is 0.410. The van der Waals surface area contributed by atoms with Gasteiger partial charge in [0.1, 0.15) is 6.54 Å². The molecule has 0 atom stereocenters. The highest BCUT2D eigenvalue weighted by Gasteiger charge is 2.26. The van der Waals surface area contributed by atoms with Crippen LogP contribution in [-0.4, -0.2) is 39.3 Å². The van der Waals surface area contributed by atoms with Gasteiger partial charge in [-0.1, -0.05) is 0 Å². The number of amides is 2. The van der Waals surface area contributed by atoms with E-state index in [2.05, 4.69) is 26.6 Å². The number of carboxylic acids is 1. The zero-order chi connectivity index (χ0) is 21.7. The van der Waals surface area contributed by atoms with Gasteiger partial charge in [0.05, 0.1) is 15.4 Å². The van der Waals surface area contributed by atoms with Gasteiger partial charge in [-0.2, -0.15) is 0 Å². The molecule has 0 aromatic heterocycles. The summed E-state index contributed by atoms with van der Waals surface area (Å²) in [5.74, 6) is -2.68. The molecule has 0 aliphatic carbocycles. The van der Waals surface area contributed by atoms with Crippen LogP contribution in [0.3, 0.4) is 0 Å². The van der Waals surface area contributed by atoms with E-state index in [0.29, 0.717) is 0 Å². The number of nitrogens with one attached hydrogen (secondary N) is 2. The predicted molar refractivity (Wildman–Crippen MR) is 102 cm³/mol. The lowest BCUT2D eigenvalue weighted by Gasteiger charge is -2.08. The van der Waals surface area contributed by atoms with E-state index in [1.807, 2.05) is 0 Å². The van der Waals surface area contributed by atoms with Crippen molar-refractivity contribution in [3.63, 3.8) is 0 Å². The summed E-state index contributed by atoms with van der Waals surface area (Å²) >= 11 is 2.79. The summed E-state index contributed by atoms with van der Waals surface area (Å²) in [6.45, 7) is -0.557. The number of nitrogens with zero attached hydrogens (tertiary/aromatic N) is 2. The molecule has 2 rings (SSSR count). The number of aliphatic carboxylic acids is 1. The van der Waals surface area contributed by atoms with Crippen LogP contribution in [0.2, 0.25) is 0 Å². The Morgan fingerprint density at radius 1 is 0.931 bits per heavy atom. The lowest BCUT2D eigenvalue weighted by atomic mass is 10.1. The SMILES string of the molecule is O=C(O)CNC(=O)c1ccc(NC(=O)c2cc([N+](=O)[O-])c(Br)c([N+](=O)[O-])c2)cc1. The molecular weight excluding hydrogens is 456 g/mol. The van der Waals surface area contributed by atoms with E-state index in [9.17, 15) is 34.6 Å². The van der Waals surface area contributed by atoms with Crippen molar-refractivity contribution in [1.29, 1.82) is 0 Å². The number of nitro benzene ring substituents is 2. The fraction of sp³-hybridized carbons (Fsp3) is 0.0625. The molecule has 0 saturated heterocycles. The van der Waals surface area contributed by atoms with Crippen molar-refractivity contribution in [2.24, 2.45) is 0 Å². The third kappa shape index (κ3) is 5.32. The second-order valence-electron chi connectivity index (χ2n) is 5.45. The fourth-order valence-corrected chi connectivity index (χ4v) is 2.68. The number of nitro groups is 2. The summed E-state index contributed by atoms with van der Waals surface area (Å²) in [4.78, 5) is 55.0. The molecule has 2 amide bonds. The predicted octanol–water partition coefficient (Wildman–Crippen LogP) is 2.33. The molecule has 0 bridgehead atoms. The van der Waals surface area contributed by atoms with Gasteiger partial charge in [-0.15, -0.1) is 0 Å². The molecule has 0 spiro atoms. The molecule has 0 heterocycles. The smallest absolute Gasteiger partial charge is 0.322 e. The van der Waals surface area contributed by atoms with Crippen LogP contribution >= 0.6 is 15.9 Å².